The maximum atomic E-state index is 11.9. The van der Waals surface area contributed by atoms with Crippen molar-refractivity contribution in [2.45, 2.75) is 56.5 Å². The van der Waals surface area contributed by atoms with E-state index in [9.17, 15) is 4.79 Å². The summed E-state index contributed by atoms with van der Waals surface area (Å²) in [5.74, 6) is 0.0789. The molecule has 1 saturated carbocycles. The van der Waals surface area contributed by atoms with Gasteiger partial charge in [0, 0.05) is 18.6 Å². The van der Waals surface area contributed by atoms with Crippen molar-refractivity contribution in [3.05, 3.63) is 0 Å². The molecule has 1 heterocycles. The Morgan fingerprint density at radius 1 is 1.38 bits per heavy atom. The van der Waals surface area contributed by atoms with Gasteiger partial charge in [-0.25, -0.2) is 0 Å². The van der Waals surface area contributed by atoms with Crippen LogP contribution in [0.2, 0.25) is 0 Å². The smallest absolute Gasteiger partial charge is 0.222 e. The summed E-state index contributed by atoms with van der Waals surface area (Å²) >= 11 is 0. The van der Waals surface area contributed by atoms with Gasteiger partial charge in [-0.3, -0.25) is 4.79 Å². The number of hydrogen-bond donors (Lipinski definition) is 2. The van der Waals surface area contributed by atoms with E-state index in [-0.39, 0.29) is 17.0 Å². The zero-order valence-corrected chi connectivity index (χ0v) is 10.1. The third-order valence-corrected chi connectivity index (χ3v) is 3.74. The molecule has 1 aliphatic heterocycles. The maximum absolute atomic E-state index is 11.9. The van der Waals surface area contributed by atoms with Gasteiger partial charge in [-0.15, -0.1) is 0 Å². The quantitative estimate of drug-likeness (QED) is 0.753. The Morgan fingerprint density at radius 2 is 2.12 bits per heavy atom. The predicted molar refractivity (Wildman–Crippen MR) is 62.0 cm³/mol. The number of carbonyl (C=O) groups excluding carboxylic acids is 1. The monoisotopic (exact) mass is 226 g/mol. The van der Waals surface area contributed by atoms with E-state index in [0.717, 1.165) is 38.7 Å². The first-order valence-corrected chi connectivity index (χ1v) is 6.19. The molecule has 2 rings (SSSR count). The van der Waals surface area contributed by atoms with E-state index in [1.54, 1.807) is 0 Å². The fourth-order valence-electron chi connectivity index (χ4n) is 2.54. The molecule has 4 nitrogen and oxygen atoms in total. The molecular weight excluding hydrogens is 204 g/mol. The Kier molecular flexibility index (Phi) is 3.22. The van der Waals surface area contributed by atoms with Gasteiger partial charge in [0.2, 0.25) is 5.91 Å². The zero-order valence-electron chi connectivity index (χ0n) is 10.1. The van der Waals surface area contributed by atoms with Crippen LogP contribution in [0.3, 0.4) is 0 Å². The summed E-state index contributed by atoms with van der Waals surface area (Å²) in [5.41, 5.74) is 5.65. The molecule has 16 heavy (non-hydrogen) atoms. The molecule has 0 aromatic rings. The fourth-order valence-corrected chi connectivity index (χ4v) is 2.54. The molecule has 3 N–H and O–H groups in total. The van der Waals surface area contributed by atoms with Crippen molar-refractivity contribution in [1.82, 2.24) is 5.32 Å². The number of amides is 1. The van der Waals surface area contributed by atoms with Crippen molar-refractivity contribution < 1.29 is 9.53 Å². The number of ether oxygens (including phenoxy) is 1. The number of rotatable bonds is 3. The molecule has 0 aromatic carbocycles. The molecule has 1 amide bonds. The normalized spacial score (nSPS) is 32.9. The average molecular weight is 226 g/mol. The van der Waals surface area contributed by atoms with Crippen LogP contribution in [-0.4, -0.2) is 30.2 Å². The lowest BCUT2D eigenvalue weighted by Crippen LogP contribution is -2.56. The van der Waals surface area contributed by atoms with Gasteiger partial charge in [0.05, 0.1) is 12.1 Å². The highest BCUT2D eigenvalue weighted by atomic mass is 16.5. The third-order valence-electron chi connectivity index (χ3n) is 3.74. The highest BCUT2D eigenvalue weighted by molar-refractivity contribution is 5.78. The molecule has 1 aliphatic carbocycles. The summed E-state index contributed by atoms with van der Waals surface area (Å²) < 4.78 is 5.41. The second kappa shape index (κ2) is 4.34. The molecule has 0 radical (unpaired) electrons. The summed E-state index contributed by atoms with van der Waals surface area (Å²) in [5, 5.41) is 3.08. The second-order valence-electron chi connectivity index (χ2n) is 5.66. The van der Waals surface area contributed by atoms with Crippen molar-refractivity contribution in [3.8, 4) is 0 Å². The van der Waals surface area contributed by atoms with Crippen LogP contribution in [0.5, 0.6) is 0 Å². The van der Waals surface area contributed by atoms with Crippen LogP contribution in [0.15, 0.2) is 0 Å². The minimum absolute atomic E-state index is 0.0789. The topological polar surface area (TPSA) is 64.4 Å². The second-order valence-corrected chi connectivity index (χ2v) is 5.66. The Bertz CT molecular complexity index is 268. The molecule has 92 valence electrons. The molecule has 1 saturated heterocycles. The lowest BCUT2D eigenvalue weighted by atomic mass is 9.75. The lowest BCUT2D eigenvalue weighted by molar-refractivity contribution is -0.126. The van der Waals surface area contributed by atoms with Gasteiger partial charge in [-0.05, 0) is 39.0 Å². The van der Waals surface area contributed by atoms with Gasteiger partial charge in [0.25, 0.3) is 0 Å². The van der Waals surface area contributed by atoms with Gasteiger partial charge in [0.1, 0.15) is 0 Å². The highest BCUT2D eigenvalue weighted by Gasteiger charge is 2.37. The molecule has 1 unspecified atom stereocenters. The zero-order chi connectivity index (χ0) is 11.6. The molecule has 1 atom stereocenters. The Hall–Kier alpha value is -0.610. The summed E-state index contributed by atoms with van der Waals surface area (Å²) in [6.45, 7) is 3.48. The van der Waals surface area contributed by atoms with E-state index in [0.29, 0.717) is 13.0 Å². The fraction of sp³-hybridized carbons (Fsp3) is 0.917. The molecule has 2 fully saturated rings. The van der Waals surface area contributed by atoms with Gasteiger partial charge in [-0.2, -0.15) is 0 Å². The molecule has 2 aliphatic rings. The van der Waals surface area contributed by atoms with Gasteiger partial charge < -0.3 is 15.8 Å². The molecule has 4 heteroatoms. The van der Waals surface area contributed by atoms with Crippen LogP contribution in [0.1, 0.15) is 45.4 Å². The number of nitrogens with one attached hydrogen (secondary N) is 1. The van der Waals surface area contributed by atoms with E-state index in [2.05, 4.69) is 5.32 Å². The molecule has 0 spiro atoms. The number of carbonyl (C=O) groups is 1. The van der Waals surface area contributed by atoms with Gasteiger partial charge >= 0.3 is 0 Å². The lowest BCUT2D eigenvalue weighted by Gasteiger charge is -2.40. The SMILES string of the molecule is CC1(NC(=O)CC2(N)CCC2)CCCOC1. The summed E-state index contributed by atoms with van der Waals surface area (Å²) in [6, 6.07) is 0. The van der Waals surface area contributed by atoms with Crippen LogP contribution < -0.4 is 11.1 Å². The Balaban J connectivity index is 1.81. The number of nitrogens with two attached hydrogens (primary N) is 1. The molecule has 0 aromatic heterocycles. The average Bonchev–Trinajstić information content (AvgIpc) is 2.15. The van der Waals surface area contributed by atoms with Crippen LogP contribution in [-0.2, 0) is 9.53 Å². The largest absolute Gasteiger partial charge is 0.379 e. The summed E-state index contributed by atoms with van der Waals surface area (Å²) in [4.78, 5) is 11.9. The standard InChI is InChI=1S/C12H22N2O2/c1-11(4-3-7-16-9-11)14-10(15)8-12(13)5-2-6-12/h2-9,13H2,1H3,(H,14,15). The van der Waals surface area contributed by atoms with E-state index in [1.807, 2.05) is 6.92 Å². The molecule has 0 bridgehead atoms. The van der Waals surface area contributed by atoms with Crippen LogP contribution >= 0.6 is 0 Å². The summed E-state index contributed by atoms with van der Waals surface area (Å²) in [7, 11) is 0. The van der Waals surface area contributed by atoms with Gasteiger partial charge in [0.15, 0.2) is 0 Å². The van der Waals surface area contributed by atoms with Gasteiger partial charge in [-0.1, -0.05) is 0 Å². The minimum atomic E-state index is -0.226. The minimum Gasteiger partial charge on any atom is -0.379 e. The first kappa shape index (κ1) is 11.9. The Labute approximate surface area is 96.9 Å². The van der Waals surface area contributed by atoms with Crippen molar-refractivity contribution in [2.24, 2.45) is 5.73 Å². The van der Waals surface area contributed by atoms with Crippen LogP contribution in [0, 0.1) is 0 Å². The van der Waals surface area contributed by atoms with E-state index in [4.69, 9.17) is 10.5 Å². The van der Waals surface area contributed by atoms with Crippen molar-refractivity contribution in [3.63, 3.8) is 0 Å². The Morgan fingerprint density at radius 3 is 2.62 bits per heavy atom. The van der Waals surface area contributed by atoms with Crippen molar-refractivity contribution in [1.29, 1.82) is 0 Å². The van der Waals surface area contributed by atoms with Crippen molar-refractivity contribution in [2.75, 3.05) is 13.2 Å². The third kappa shape index (κ3) is 2.74. The van der Waals surface area contributed by atoms with Crippen LogP contribution in [0.25, 0.3) is 0 Å². The van der Waals surface area contributed by atoms with Crippen LogP contribution in [0.4, 0.5) is 0 Å². The van der Waals surface area contributed by atoms with E-state index in [1.165, 1.54) is 0 Å². The predicted octanol–water partition coefficient (Wildman–Crippen LogP) is 0.943. The maximum Gasteiger partial charge on any atom is 0.222 e. The van der Waals surface area contributed by atoms with Crippen molar-refractivity contribution >= 4 is 5.91 Å². The highest BCUT2D eigenvalue weighted by Crippen LogP contribution is 2.32. The first-order valence-electron chi connectivity index (χ1n) is 6.19. The molecular formula is C12H22N2O2. The number of hydrogen-bond acceptors (Lipinski definition) is 3. The van der Waals surface area contributed by atoms with E-state index < -0.39 is 0 Å². The summed E-state index contributed by atoms with van der Waals surface area (Å²) in [6.07, 6.45) is 5.59. The van der Waals surface area contributed by atoms with E-state index >= 15 is 0 Å². The first-order chi connectivity index (χ1) is 7.52.